The number of aryl methyl sites for hydroxylation is 1. The highest BCUT2D eigenvalue weighted by Crippen LogP contribution is 2.25. The van der Waals surface area contributed by atoms with Gasteiger partial charge in [-0.15, -0.1) is 0 Å². The third-order valence-electron chi connectivity index (χ3n) is 3.70. The van der Waals surface area contributed by atoms with E-state index in [1.165, 1.54) is 10.2 Å². The summed E-state index contributed by atoms with van der Waals surface area (Å²) in [4.78, 5) is 4.03. The Bertz CT molecular complexity index is 830. The fourth-order valence-corrected chi connectivity index (χ4v) is 2.77. The van der Waals surface area contributed by atoms with E-state index in [9.17, 15) is 5.11 Å². The Kier molecular flexibility index (Phi) is 3.56. The van der Waals surface area contributed by atoms with Gasteiger partial charge in [0.15, 0.2) is 11.4 Å². The molecule has 22 heavy (non-hydrogen) atoms. The first-order valence-electron chi connectivity index (χ1n) is 6.67. The van der Waals surface area contributed by atoms with Gasteiger partial charge in [-0.05, 0) is 24.6 Å². The largest absolute Gasteiger partial charge is 0.870 e. The zero-order valence-electron chi connectivity index (χ0n) is 11.5. The normalized spacial score (nSPS) is 12.2. The van der Waals surface area contributed by atoms with E-state index in [4.69, 9.17) is 11.6 Å². The molecule has 6 nitrogen and oxygen atoms in total. The molecule has 0 fully saturated rings. The molecule has 0 saturated carbocycles. The lowest BCUT2D eigenvalue weighted by molar-refractivity contribution is -0.671. The number of para-hydroxylation sites is 1. The van der Waals surface area contributed by atoms with Crippen LogP contribution in [-0.4, -0.2) is 25.5 Å². The summed E-state index contributed by atoms with van der Waals surface area (Å²) in [5.74, 6) is 0.147. The predicted octanol–water partition coefficient (Wildman–Crippen LogP) is 1.82. The number of aromatic nitrogens is 4. The lowest BCUT2D eigenvalue weighted by Crippen LogP contribution is -2.41. The van der Waals surface area contributed by atoms with Crippen LogP contribution in [-0.2, 0) is 12.8 Å². The first-order chi connectivity index (χ1) is 10.2. The van der Waals surface area contributed by atoms with Crippen LogP contribution in [0, 0.1) is 0 Å². The Morgan fingerprint density at radius 1 is 1.14 bits per heavy atom. The second kappa shape index (κ2) is 5.40. The highest BCUT2D eigenvalue weighted by Gasteiger charge is 2.32. The minimum absolute atomic E-state index is 0. The average molecular weight is 317 g/mol. The summed E-state index contributed by atoms with van der Waals surface area (Å²) >= 11 is 5.80. The van der Waals surface area contributed by atoms with Gasteiger partial charge >= 0.3 is 5.88 Å². The van der Waals surface area contributed by atoms with Crippen LogP contribution in [0.25, 0.3) is 11.4 Å². The molecule has 7 heteroatoms. The van der Waals surface area contributed by atoms with Crippen molar-refractivity contribution in [3.05, 3.63) is 59.0 Å². The van der Waals surface area contributed by atoms with Crippen molar-refractivity contribution in [3.63, 3.8) is 0 Å². The molecule has 0 saturated heterocycles. The van der Waals surface area contributed by atoms with E-state index >= 15 is 0 Å². The van der Waals surface area contributed by atoms with E-state index in [-0.39, 0.29) is 11.4 Å². The third-order valence-corrected chi connectivity index (χ3v) is 3.92. The van der Waals surface area contributed by atoms with Crippen molar-refractivity contribution in [2.75, 3.05) is 0 Å². The number of benzene rings is 1. The van der Waals surface area contributed by atoms with Crippen molar-refractivity contribution in [2.45, 2.75) is 12.8 Å². The zero-order chi connectivity index (χ0) is 14.4. The molecule has 0 spiro atoms. The fraction of sp³-hybridized carbons (Fsp3) is 0.133. The van der Waals surface area contributed by atoms with Gasteiger partial charge in [-0.25, -0.2) is 4.98 Å². The number of nitrogens with zero attached hydrogens (tertiary/aromatic N) is 4. The molecule has 2 aromatic heterocycles. The van der Waals surface area contributed by atoms with E-state index in [0.29, 0.717) is 10.8 Å². The summed E-state index contributed by atoms with van der Waals surface area (Å²) < 4.78 is 3.28. The molecule has 3 aromatic rings. The van der Waals surface area contributed by atoms with Gasteiger partial charge in [-0.1, -0.05) is 39.2 Å². The van der Waals surface area contributed by atoms with Crippen LogP contribution in [0.2, 0.25) is 5.15 Å². The molecule has 4 rings (SSSR count). The van der Waals surface area contributed by atoms with Crippen molar-refractivity contribution in [2.24, 2.45) is 0 Å². The van der Waals surface area contributed by atoms with E-state index < -0.39 is 0 Å². The van der Waals surface area contributed by atoms with Crippen molar-refractivity contribution in [3.8, 4) is 17.3 Å². The molecule has 0 amide bonds. The molecular weight excluding hydrogens is 304 g/mol. The SMILES string of the molecule is Oc1c2[n+](nn1-c1ccc(Cl)nc1)-c1ccccc1CC2.[OH-]. The van der Waals surface area contributed by atoms with Gasteiger partial charge in [0.05, 0.1) is 6.20 Å². The molecule has 1 aliphatic rings. The molecular formula is C15H13ClN4O2. The molecule has 0 unspecified atom stereocenters. The number of hydrogen-bond acceptors (Lipinski definition) is 4. The summed E-state index contributed by atoms with van der Waals surface area (Å²) in [5.41, 5.74) is 3.73. The Morgan fingerprint density at radius 2 is 1.95 bits per heavy atom. The van der Waals surface area contributed by atoms with Crippen LogP contribution >= 0.6 is 11.6 Å². The molecule has 0 radical (unpaired) electrons. The summed E-state index contributed by atoms with van der Waals surface area (Å²) in [6.45, 7) is 0. The summed E-state index contributed by atoms with van der Waals surface area (Å²) in [6, 6.07) is 11.5. The van der Waals surface area contributed by atoms with Crippen LogP contribution in [0.4, 0.5) is 0 Å². The predicted molar refractivity (Wildman–Crippen MR) is 78.9 cm³/mol. The van der Waals surface area contributed by atoms with Crippen LogP contribution in [0.15, 0.2) is 42.6 Å². The maximum Gasteiger partial charge on any atom is 0.354 e. The minimum atomic E-state index is 0. The van der Waals surface area contributed by atoms with Crippen LogP contribution in [0.1, 0.15) is 11.3 Å². The Hall–Kier alpha value is -2.44. The van der Waals surface area contributed by atoms with Gasteiger partial charge in [0, 0.05) is 12.0 Å². The van der Waals surface area contributed by atoms with Gasteiger partial charge in [0.2, 0.25) is 5.69 Å². The number of rotatable bonds is 1. The molecule has 2 N–H and O–H groups in total. The molecule has 112 valence electrons. The second-order valence-electron chi connectivity index (χ2n) is 4.95. The Balaban J connectivity index is 0.00000144. The third kappa shape index (κ3) is 2.13. The fourth-order valence-electron chi connectivity index (χ4n) is 2.66. The lowest BCUT2D eigenvalue weighted by Gasteiger charge is -2.09. The van der Waals surface area contributed by atoms with Gasteiger partial charge in [-0.2, -0.15) is 0 Å². The number of hydrogen-bond donors (Lipinski definition) is 1. The smallest absolute Gasteiger partial charge is 0.354 e. The van der Waals surface area contributed by atoms with E-state index in [2.05, 4.69) is 16.3 Å². The lowest BCUT2D eigenvalue weighted by atomic mass is 10.0. The molecule has 0 bridgehead atoms. The quantitative estimate of drug-likeness (QED) is 0.548. The highest BCUT2D eigenvalue weighted by molar-refractivity contribution is 6.29. The number of aromatic hydroxyl groups is 1. The number of fused-ring (bicyclic) bond motifs is 3. The molecule has 1 aliphatic heterocycles. The maximum absolute atomic E-state index is 10.4. The summed E-state index contributed by atoms with van der Waals surface area (Å²) in [7, 11) is 0. The summed E-state index contributed by atoms with van der Waals surface area (Å²) in [5, 5.41) is 15.3. The van der Waals surface area contributed by atoms with E-state index in [0.717, 1.165) is 24.2 Å². The number of halogens is 1. The molecule has 0 aliphatic carbocycles. The summed E-state index contributed by atoms with van der Waals surface area (Å²) in [6.07, 6.45) is 3.24. The van der Waals surface area contributed by atoms with Crippen LogP contribution in [0.3, 0.4) is 0 Å². The van der Waals surface area contributed by atoms with Gasteiger partial charge in [0.1, 0.15) is 10.4 Å². The standard InChI is InChI=1S/C15H11ClN4O.H2O/c16-14-8-6-11(9-17-14)19-15(21)13-7-5-10-3-1-2-4-12(10)20(13)18-19;/h1-4,6,8-9H,5,7H2;1H2. The van der Waals surface area contributed by atoms with Gasteiger partial charge < -0.3 is 10.6 Å². The molecule has 0 atom stereocenters. The van der Waals surface area contributed by atoms with Crippen molar-refractivity contribution < 1.29 is 15.3 Å². The topological polar surface area (TPSA) is 84.8 Å². The van der Waals surface area contributed by atoms with E-state index in [1.807, 2.05) is 18.2 Å². The van der Waals surface area contributed by atoms with Crippen molar-refractivity contribution in [1.82, 2.24) is 14.9 Å². The minimum Gasteiger partial charge on any atom is -0.870 e. The van der Waals surface area contributed by atoms with Crippen molar-refractivity contribution in [1.29, 1.82) is 0 Å². The maximum atomic E-state index is 10.4. The molecule has 1 aromatic carbocycles. The molecule has 3 heterocycles. The van der Waals surface area contributed by atoms with Gasteiger partial charge in [-0.3, -0.25) is 0 Å². The van der Waals surface area contributed by atoms with Crippen molar-refractivity contribution >= 4 is 11.6 Å². The van der Waals surface area contributed by atoms with Crippen LogP contribution in [0.5, 0.6) is 5.88 Å². The van der Waals surface area contributed by atoms with E-state index in [1.54, 1.807) is 23.0 Å². The highest BCUT2D eigenvalue weighted by atomic mass is 35.5. The first kappa shape index (κ1) is 14.5. The number of pyridine rings is 1. The zero-order valence-corrected chi connectivity index (χ0v) is 12.3. The Labute approximate surface area is 131 Å². The monoisotopic (exact) mass is 316 g/mol. The van der Waals surface area contributed by atoms with Crippen LogP contribution < -0.4 is 4.68 Å². The van der Waals surface area contributed by atoms with Gasteiger partial charge in [0.25, 0.3) is 0 Å². The second-order valence-corrected chi connectivity index (χ2v) is 5.34. The average Bonchev–Trinajstić information content (AvgIpc) is 2.86. The Morgan fingerprint density at radius 3 is 2.73 bits per heavy atom. The first-order valence-corrected chi connectivity index (χ1v) is 7.05.